The molecule has 0 aromatic rings. The third-order valence-corrected chi connectivity index (χ3v) is 8.00. The van der Waals surface area contributed by atoms with Gasteiger partial charge in [-0.3, -0.25) is 0 Å². The molecule has 4 rings (SSSR count). The van der Waals surface area contributed by atoms with Crippen LogP contribution < -0.4 is 0 Å². The zero-order valence-electron chi connectivity index (χ0n) is 24.0. The lowest BCUT2D eigenvalue weighted by molar-refractivity contribution is -0.377. The molecule has 4 aliphatic heterocycles. The number of hydrogen-bond acceptors (Lipinski definition) is 22. The zero-order chi connectivity index (χ0) is 34.7. The fourth-order valence-electron chi connectivity index (χ4n) is 5.09. The van der Waals surface area contributed by atoms with Crippen LogP contribution in [0.2, 0.25) is 0 Å². The van der Waals surface area contributed by atoms with Crippen molar-refractivity contribution in [2.45, 2.75) is 116 Å². The summed E-state index contributed by atoms with van der Waals surface area (Å²) in [6, 6.07) is 0. The van der Waals surface area contributed by atoms with Gasteiger partial charge in [-0.05, 0) is 0 Å². The SMILES string of the molecule is OC[C@H]1OC(O[C@H]2[C@H](O)C(O)C(O[C@H]3C(O)C(O)C(O)O[C@@H]3CO)O[C@@H]2CO)[C@H](O)[C@@H](O)[C@@H]1O.OC[C@]1(O)OC[C@@H](O)[C@@H](O)[C@@H]1O. The Morgan fingerprint density at radius 1 is 0.522 bits per heavy atom. The van der Waals surface area contributed by atoms with Gasteiger partial charge in [0.05, 0.1) is 33.0 Å². The van der Waals surface area contributed by atoms with Crippen molar-refractivity contribution in [3.05, 3.63) is 0 Å². The van der Waals surface area contributed by atoms with Crippen molar-refractivity contribution in [3.63, 3.8) is 0 Å². The van der Waals surface area contributed by atoms with Gasteiger partial charge in [-0.2, -0.15) is 0 Å². The van der Waals surface area contributed by atoms with Gasteiger partial charge in [0.2, 0.25) is 5.79 Å². The molecular formula is C24H44O22. The summed E-state index contributed by atoms with van der Waals surface area (Å²) < 4.78 is 31.0. The van der Waals surface area contributed by atoms with Crippen molar-refractivity contribution >= 4 is 0 Å². The molecule has 4 heterocycles. The fraction of sp³-hybridized carbons (Fsp3) is 1.00. The van der Waals surface area contributed by atoms with E-state index in [0.29, 0.717) is 0 Å². The normalized spacial score (nSPS) is 51.7. The summed E-state index contributed by atoms with van der Waals surface area (Å²) in [5, 5.41) is 154. The highest BCUT2D eigenvalue weighted by molar-refractivity contribution is 4.96. The first kappa shape index (κ1) is 39.6. The van der Waals surface area contributed by atoms with E-state index in [1.54, 1.807) is 0 Å². The molecule has 4 saturated heterocycles. The second-order valence-corrected chi connectivity index (χ2v) is 11.2. The Labute approximate surface area is 260 Å². The van der Waals surface area contributed by atoms with E-state index in [4.69, 9.17) is 44.1 Å². The molecule has 0 bridgehead atoms. The first-order chi connectivity index (χ1) is 21.6. The molecule has 0 aliphatic carbocycles. The Morgan fingerprint density at radius 3 is 1.48 bits per heavy atom. The van der Waals surface area contributed by atoms with E-state index in [9.17, 15) is 61.3 Å². The topological polar surface area (TPSA) is 379 Å². The van der Waals surface area contributed by atoms with Crippen LogP contribution in [0.4, 0.5) is 0 Å². The number of ether oxygens (including phenoxy) is 6. The second-order valence-electron chi connectivity index (χ2n) is 11.2. The van der Waals surface area contributed by atoms with Crippen molar-refractivity contribution in [3.8, 4) is 0 Å². The largest absolute Gasteiger partial charge is 0.394 e. The van der Waals surface area contributed by atoms with Gasteiger partial charge in [0, 0.05) is 0 Å². The highest BCUT2D eigenvalue weighted by Crippen LogP contribution is 2.32. The van der Waals surface area contributed by atoms with Crippen LogP contribution in [0.15, 0.2) is 0 Å². The molecular weight excluding hydrogens is 640 g/mol. The molecule has 16 N–H and O–H groups in total. The molecule has 0 amide bonds. The minimum Gasteiger partial charge on any atom is -0.394 e. The summed E-state index contributed by atoms with van der Waals surface area (Å²) in [4.78, 5) is 0. The third-order valence-electron chi connectivity index (χ3n) is 8.00. The Hall–Kier alpha value is -0.880. The Kier molecular flexibility index (Phi) is 14.3. The summed E-state index contributed by atoms with van der Waals surface area (Å²) in [5.41, 5.74) is 0. The predicted octanol–water partition coefficient (Wildman–Crippen LogP) is -10.8. The van der Waals surface area contributed by atoms with E-state index < -0.39 is 143 Å². The zero-order valence-corrected chi connectivity index (χ0v) is 24.0. The molecule has 46 heavy (non-hydrogen) atoms. The summed E-state index contributed by atoms with van der Waals surface area (Å²) in [6.45, 7) is -3.48. The molecule has 0 aromatic heterocycles. The van der Waals surface area contributed by atoms with Crippen LogP contribution in [0.25, 0.3) is 0 Å². The number of rotatable bonds is 8. The average Bonchev–Trinajstić information content (AvgIpc) is 3.05. The van der Waals surface area contributed by atoms with E-state index in [-0.39, 0.29) is 6.61 Å². The summed E-state index contributed by atoms with van der Waals surface area (Å²) in [5.74, 6) is -2.17. The maximum absolute atomic E-state index is 10.6. The lowest BCUT2D eigenvalue weighted by Gasteiger charge is -2.47. The van der Waals surface area contributed by atoms with Gasteiger partial charge >= 0.3 is 0 Å². The minimum atomic E-state index is -2.17. The van der Waals surface area contributed by atoms with Gasteiger partial charge in [-0.15, -0.1) is 0 Å². The lowest BCUT2D eigenvalue weighted by atomic mass is 9.96. The van der Waals surface area contributed by atoms with Gasteiger partial charge in [-0.25, -0.2) is 0 Å². The quantitative estimate of drug-likeness (QED) is 0.113. The molecule has 22 nitrogen and oxygen atoms in total. The van der Waals surface area contributed by atoms with E-state index in [1.807, 2.05) is 0 Å². The van der Waals surface area contributed by atoms with Crippen molar-refractivity contribution < 1.29 is 110 Å². The van der Waals surface area contributed by atoms with E-state index in [0.717, 1.165) is 0 Å². The molecule has 4 fully saturated rings. The molecule has 0 aromatic carbocycles. The standard InChI is InChI=1S/C18H32O16.C6H12O6/c19-1-4-7(22)8(23)12(27)17(31-4)34-15-6(3-21)32-18(13(28)10(15)25)33-14-5(2-20)30-16(29)11(26)9(14)24;7-2-6(11)5(10)4(9)3(8)1-12-6/h4-29H,1-3H2;3-5,7-11H,1-2H2/t4-,5-,6-,7-,8+,9?,10-,11?,12-,13?,14-,15-,16?,17?,18?;3-,4-,5+,6+/m11/s1. The van der Waals surface area contributed by atoms with Crippen molar-refractivity contribution in [2.24, 2.45) is 0 Å². The van der Waals surface area contributed by atoms with Crippen LogP contribution in [0.3, 0.4) is 0 Å². The van der Waals surface area contributed by atoms with Crippen molar-refractivity contribution in [1.29, 1.82) is 0 Å². The van der Waals surface area contributed by atoms with Crippen LogP contribution in [0, 0.1) is 0 Å². The fourth-order valence-corrected chi connectivity index (χ4v) is 5.09. The van der Waals surface area contributed by atoms with E-state index in [1.165, 1.54) is 0 Å². The molecule has 4 aliphatic rings. The number of aliphatic hydroxyl groups excluding tert-OH is 15. The van der Waals surface area contributed by atoms with E-state index >= 15 is 0 Å². The van der Waals surface area contributed by atoms with Gasteiger partial charge in [-0.1, -0.05) is 0 Å². The number of hydrogen-bond donors (Lipinski definition) is 16. The van der Waals surface area contributed by atoms with Gasteiger partial charge in [0.1, 0.15) is 91.6 Å². The van der Waals surface area contributed by atoms with Crippen LogP contribution in [0.1, 0.15) is 0 Å². The van der Waals surface area contributed by atoms with Crippen LogP contribution in [0.5, 0.6) is 0 Å². The van der Waals surface area contributed by atoms with Crippen LogP contribution in [-0.4, -0.2) is 231 Å². The molecule has 0 radical (unpaired) electrons. The lowest BCUT2D eigenvalue weighted by Crippen LogP contribution is -2.66. The highest BCUT2D eigenvalue weighted by Gasteiger charge is 2.53. The molecule has 22 heteroatoms. The summed E-state index contributed by atoms with van der Waals surface area (Å²) in [7, 11) is 0. The monoisotopic (exact) mass is 684 g/mol. The summed E-state index contributed by atoms with van der Waals surface area (Å²) >= 11 is 0. The average molecular weight is 685 g/mol. The molecule has 0 spiro atoms. The first-order valence-electron chi connectivity index (χ1n) is 14.1. The smallest absolute Gasteiger partial charge is 0.218 e. The maximum atomic E-state index is 10.6. The molecule has 19 atom stereocenters. The molecule has 6 unspecified atom stereocenters. The van der Waals surface area contributed by atoms with Gasteiger partial charge in [0.15, 0.2) is 18.9 Å². The van der Waals surface area contributed by atoms with Crippen LogP contribution in [-0.2, 0) is 28.4 Å². The van der Waals surface area contributed by atoms with Gasteiger partial charge < -0.3 is 110 Å². The Bertz CT molecular complexity index is 913. The summed E-state index contributed by atoms with van der Waals surface area (Å²) in [6.07, 6.45) is -29.6. The maximum Gasteiger partial charge on any atom is 0.218 e. The first-order valence-corrected chi connectivity index (χ1v) is 14.1. The Balaban J connectivity index is 0.000000402. The second kappa shape index (κ2) is 16.7. The van der Waals surface area contributed by atoms with Crippen molar-refractivity contribution in [2.75, 3.05) is 33.0 Å². The van der Waals surface area contributed by atoms with E-state index in [2.05, 4.69) is 4.74 Å². The minimum absolute atomic E-state index is 0.324. The third kappa shape index (κ3) is 8.28. The Morgan fingerprint density at radius 2 is 0.978 bits per heavy atom. The molecule has 0 saturated carbocycles. The highest BCUT2D eigenvalue weighted by atomic mass is 16.8. The van der Waals surface area contributed by atoms with Crippen molar-refractivity contribution in [1.82, 2.24) is 0 Å². The molecule has 272 valence electrons. The predicted molar refractivity (Wildman–Crippen MR) is 137 cm³/mol. The van der Waals surface area contributed by atoms with Gasteiger partial charge in [0.25, 0.3) is 0 Å². The van der Waals surface area contributed by atoms with Crippen LogP contribution >= 0.6 is 0 Å². The number of aliphatic hydroxyl groups is 16.